The third kappa shape index (κ3) is 12.1. The predicted molar refractivity (Wildman–Crippen MR) is 184 cm³/mol. The SMILES string of the molecule is CC(/C=C/C=C(C)/C=C/C1C(C)C[C@@H](O)CC1(C)C)=C\C=C\C=C(C)\C=C\C=C(C)\C=C\[C@H]1C(C)CC(O)CC1(C)C. The van der Waals surface area contributed by atoms with E-state index in [9.17, 15) is 10.2 Å². The van der Waals surface area contributed by atoms with Gasteiger partial charge in [0.25, 0.3) is 0 Å². The van der Waals surface area contributed by atoms with E-state index in [-0.39, 0.29) is 23.0 Å². The molecule has 2 nitrogen and oxygen atoms in total. The minimum Gasteiger partial charge on any atom is -0.393 e. The van der Waals surface area contributed by atoms with Gasteiger partial charge in [-0.25, -0.2) is 0 Å². The molecule has 0 radical (unpaired) electrons. The fourth-order valence-corrected chi connectivity index (χ4v) is 7.10. The highest BCUT2D eigenvalue weighted by Crippen LogP contribution is 2.45. The molecule has 0 spiro atoms. The maximum Gasteiger partial charge on any atom is 0.0548 e. The van der Waals surface area contributed by atoms with Gasteiger partial charge in [0.05, 0.1) is 12.2 Å². The van der Waals surface area contributed by atoms with Gasteiger partial charge in [-0.3, -0.25) is 0 Å². The third-order valence-electron chi connectivity index (χ3n) is 9.24. The molecular weight excluding hydrogens is 512 g/mol. The zero-order valence-corrected chi connectivity index (χ0v) is 28.3. The molecule has 6 atom stereocenters. The first-order valence-corrected chi connectivity index (χ1v) is 16.0. The summed E-state index contributed by atoms with van der Waals surface area (Å²) in [6, 6.07) is 0. The van der Waals surface area contributed by atoms with E-state index in [0.717, 1.165) is 25.7 Å². The van der Waals surface area contributed by atoms with Crippen LogP contribution in [0.3, 0.4) is 0 Å². The van der Waals surface area contributed by atoms with Gasteiger partial charge in [0.2, 0.25) is 0 Å². The second-order valence-electron chi connectivity index (χ2n) is 14.6. The molecule has 232 valence electrons. The van der Waals surface area contributed by atoms with E-state index in [1.165, 1.54) is 22.3 Å². The second kappa shape index (κ2) is 16.4. The summed E-state index contributed by atoms with van der Waals surface area (Å²) >= 11 is 0. The van der Waals surface area contributed by atoms with Crippen LogP contribution in [0.4, 0.5) is 0 Å². The van der Waals surface area contributed by atoms with Crippen LogP contribution in [-0.4, -0.2) is 22.4 Å². The molecule has 0 aromatic rings. The van der Waals surface area contributed by atoms with Crippen LogP contribution in [0.1, 0.15) is 94.9 Å². The number of aliphatic hydroxyl groups is 2. The summed E-state index contributed by atoms with van der Waals surface area (Å²) in [5, 5.41) is 20.3. The van der Waals surface area contributed by atoms with Crippen LogP contribution in [0.15, 0.2) is 107 Å². The molecule has 0 heterocycles. The van der Waals surface area contributed by atoms with Crippen molar-refractivity contribution in [1.29, 1.82) is 0 Å². The fourth-order valence-electron chi connectivity index (χ4n) is 7.10. The van der Waals surface area contributed by atoms with Crippen LogP contribution >= 0.6 is 0 Å². The van der Waals surface area contributed by atoms with Gasteiger partial charge in [0.1, 0.15) is 0 Å². The predicted octanol–water partition coefficient (Wildman–Crippen LogP) is 10.4. The quantitative estimate of drug-likeness (QED) is 0.256. The Bertz CT molecular complexity index is 1050. The van der Waals surface area contributed by atoms with Crippen molar-refractivity contribution in [3.05, 3.63) is 107 Å². The topological polar surface area (TPSA) is 40.5 Å². The molecule has 0 aromatic heterocycles. The Morgan fingerprint density at radius 1 is 0.524 bits per heavy atom. The zero-order chi connectivity index (χ0) is 31.5. The summed E-state index contributed by atoms with van der Waals surface area (Å²) in [4.78, 5) is 0. The molecule has 0 amide bonds. The number of allylic oxidation sites excluding steroid dienone is 18. The minimum absolute atomic E-state index is 0.127. The Morgan fingerprint density at radius 3 is 1.17 bits per heavy atom. The highest BCUT2D eigenvalue weighted by atomic mass is 16.3. The average Bonchev–Trinajstić information content (AvgIpc) is 2.84. The molecule has 0 aromatic carbocycles. The van der Waals surface area contributed by atoms with Gasteiger partial charge < -0.3 is 10.2 Å². The molecule has 2 saturated carbocycles. The summed E-state index contributed by atoms with van der Waals surface area (Å²) in [5.74, 6) is 1.97. The molecule has 2 fully saturated rings. The first-order valence-electron chi connectivity index (χ1n) is 16.0. The lowest BCUT2D eigenvalue weighted by Crippen LogP contribution is -2.38. The lowest BCUT2D eigenvalue weighted by Gasteiger charge is -2.43. The van der Waals surface area contributed by atoms with Crippen LogP contribution in [0.25, 0.3) is 0 Å². The average molecular weight is 573 g/mol. The summed E-state index contributed by atoms with van der Waals surface area (Å²) in [5.41, 5.74) is 5.13. The van der Waals surface area contributed by atoms with Crippen LogP contribution in [-0.2, 0) is 0 Å². The summed E-state index contributed by atoms with van der Waals surface area (Å²) in [6.07, 6.45) is 33.6. The van der Waals surface area contributed by atoms with Crippen molar-refractivity contribution in [1.82, 2.24) is 0 Å². The zero-order valence-electron chi connectivity index (χ0n) is 28.3. The first kappa shape index (κ1) is 35.8. The van der Waals surface area contributed by atoms with Gasteiger partial charge in [0, 0.05) is 0 Å². The van der Waals surface area contributed by atoms with Crippen LogP contribution in [0.2, 0.25) is 0 Å². The highest BCUT2D eigenvalue weighted by molar-refractivity contribution is 5.32. The van der Waals surface area contributed by atoms with Gasteiger partial charge in [-0.15, -0.1) is 0 Å². The largest absolute Gasteiger partial charge is 0.393 e. The maximum atomic E-state index is 10.1. The molecule has 4 unspecified atom stereocenters. The lowest BCUT2D eigenvalue weighted by atomic mass is 9.63. The van der Waals surface area contributed by atoms with Crippen LogP contribution in [0.5, 0.6) is 0 Å². The lowest BCUT2D eigenvalue weighted by molar-refractivity contribution is 0.00726. The second-order valence-corrected chi connectivity index (χ2v) is 14.6. The fraction of sp³-hybridized carbons (Fsp3) is 0.550. The van der Waals surface area contributed by atoms with Gasteiger partial charge in [0.15, 0.2) is 0 Å². The molecule has 2 aliphatic carbocycles. The van der Waals surface area contributed by atoms with E-state index >= 15 is 0 Å². The molecule has 42 heavy (non-hydrogen) atoms. The van der Waals surface area contributed by atoms with Crippen molar-refractivity contribution in [3.8, 4) is 0 Å². The monoisotopic (exact) mass is 572 g/mol. The van der Waals surface area contributed by atoms with Gasteiger partial charge in [-0.1, -0.05) is 149 Å². The normalized spacial score (nSPS) is 31.9. The van der Waals surface area contributed by atoms with E-state index in [2.05, 4.69) is 154 Å². The summed E-state index contributed by atoms with van der Waals surface area (Å²) in [7, 11) is 0. The molecule has 2 rings (SSSR count). The van der Waals surface area contributed by atoms with Gasteiger partial charge in [-0.05, 0) is 87.9 Å². The van der Waals surface area contributed by atoms with Gasteiger partial charge in [-0.2, -0.15) is 0 Å². The van der Waals surface area contributed by atoms with Crippen molar-refractivity contribution >= 4 is 0 Å². The Hall–Kier alpha value is -2.42. The maximum absolute atomic E-state index is 10.1. The molecule has 0 aliphatic heterocycles. The van der Waals surface area contributed by atoms with E-state index < -0.39 is 0 Å². The minimum atomic E-state index is -0.167. The van der Waals surface area contributed by atoms with E-state index in [1.54, 1.807) is 0 Å². The van der Waals surface area contributed by atoms with Crippen molar-refractivity contribution < 1.29 is 10.2 Å². The van der Waals surface area contributed by atoms with Crippen molar-refractivity contribution in [2.24, 2.45) is 34.5 Å². The Balaban J connectivity index is 1.86. The number of hydrogen-bond donors (Lipinski definition) is 2. The number of rotatable bonds is 10. The molecular formula is C40H60O2. The smallest absolute Gasteiger partial charge is 0.0548 e. The van der Waals surface area contributed by atoms with Crippen LogP contribution < -0.4 is 0 Å². The Morgan fingerprint density at radius 2 is 0.833 bits per heavy atom. The Labute approximate surface area is 258 Å². The van der Waals surface area contributed by atoms with E-state index in [4.69, 9.17) is 0 Å². The number of aliphatic hydroxyl groups excluding tert-OH is 2. The van der Waals surface area contributed by atoms with E-state index in [0.29, 0.717) is 23.7 Å². The highest BCUT2D eigenvalue weighted by Gasteiger charge is 2.39. The molecule has 2 aliphatic rings. The third-order valence-corrected chi connectivity index (χ3v) is 9.24. The van der Waals surface area contributed by atoms with E-state index in [1.807, 2.05) is 0 Å². The van der Waals surface area contributed by atoms with Crippen molar-refractivity contribution in [2.75, 3.05) is 0 Å². The van der Waals surface area contributed by atoms with Crippen molar-refractivity contribution in [2.45, 2.75) is 107 Å². The summed E-state index contributed by atoms with van der Waals surface area (Å²) < 4.78 is 0. The summed E-state index contributed by atoms with van der Waals surface area (Å²) in [6.45, 7) is 22.2. The Kier molecular flexibility index (Phi) is 14.0. The van der Waals surface area contributed by atoms with Crippen LogP contribution in [0, 0.1) is 34.5 Å². The molecule has 2 heteroatoms. The first-order chi connectivity index (χ1) is 19.6. The molecule has 0 bridgehead atoms. The van der Waals surface area contributed by atoms with Gasteiger partial charge >= 0.3 is 0 Å². The molecule has 0 saturated heterocycles. The standard InChI is InChI=1S/C40H60O2/c1-29(17-13-19-31(3)21-23-37-33(5)25-35(41)27-39(37,7)8)15-11-12-16-30(2)18-14-20-32(4)22-24-38-34(6)26-36(42)28-40(38,9)10/h11-24,33-38,41-42H,25-28H2,1-10H3/b12-11+,17-13+,18-14+,23-21+,24-22+,29-15+,30-16+,31-19+,32-20+/t33?,34?,35-,36?,37?,38+/m1/s1. The number of hydrogen-bond acceptors (Lipinski definition) is 2. The van der Waals surface area contributed by atoms with Crippen molar-refractivity contribution in [3.63, 3.8) is 0 Å². The molecule has 2 N–H and O–H groups in total.